The van der Waals surface area contributed by atoms with Crippen molar-refractivity contribution < 1.29 is 9.18 Å². The summed E-state index contributed by atoms with van der Waals surface area (Å²) in [6.45, 7) is 0.0674. The van der Waals surface area contributed by atoms with Crippen molar-refractivity contribution in [2.24, 2.45) is 0 Å². The number of carbonyl (C=O) groups is 1. The van der Waals surface area contributed by atoms with Gasteiger partial charge in [-0.1, -0.05) is 36.4 Å². The largest absolute Gasteiger partial charge is 0.322 e. The van der Waals surface area contributed by atoms with E-state index in [-0.39, 0.29) is 23.8 Å². The van der Waals surface area contributed by atoms with Gasteiger partial charge in [-0.2, -0.15) is 0 Å². The SMILES string of the molecule is O=C(Nc1ccccc1)c1ccc(=O)n(Cc2ccccc2F)c1. The first-order valence-electron chi connectivity index (χ1n) is 7.44. The number of carbonyl (C=O) groups excluding carboxylic acids is 1. The summed E-state index contributed by atoms with van der Waals surface area (Å²) < 4.78 is 15.1. The fourth-order valence-electron chi connectivity index (χ4n) is 2.32. The van der Waals surface area contributed by atoms with E-state index in [1.807, 2.05) is 18.2 Å². The highest BCUT2D eigenvalue weighted by Crippen LogP contribution is 2.10. The van der Waals surface area contributed by atoms with Gasteiger partial charge in [0.2, 0.25) is 0 Å². The Bertz CT molecular complexity index is 920. The topological polar surface area (TPSA) is 51.1 Å². The average Bonchev–Trinajstić information content (AvgIpc) is 2.59. The number of halogens is 1. The Labute approximate surface area is 138 Å². The molecule has 0 saturated heterocycles. The van der Waals surface area contributed by atoms with Gasteiger partial charge in [0, 0.05) is 23.5 Å². The van der Waals surface area contributed by atoms with E-state index in [9.17, 15) is 14.0 Å². The van der Waals surface area contributed by atoms with Gasteiger partial charge in [0.25, 0.3) is 11.5 Å². The molecule has 1 aromatic heterocycles. The normalized spacial score (nSPS) is 10.4. The molecular formula is C19H15FN2O2. The molecule has 0 aliphatic rings. The molecule has 0 fully saturated rings. The minimum atomic E-state index is -0.386. The minimum Gasteiger partial charge on any atom is -0.322 e. The number of amides is 1. The van der Waals surface area contributed by atoms with Gasteiger partial charge in [-0.3, -0.25) is 9.59 Å². The lowest BCUT2D eigenvalue weighted by Crippen LogP contribution is -2.23. The molecule has 0 saturated carbocycles. The Hall–Kier alpha value is -3.21. The zero-order chi connectivity index (χ0) is 16.9. The van der Waals surface area contributed by atoms with Crippen LogP contribution >= 0.6 is 0 Å². The second kappa shape index (κ2) is 6.91. The summed E-state index contributed by atoms with van der Waals surface area (Å²) in [5.74, 6) is -0.716. The van der Waals surface area contributed by atoms with E-state index in [2.05, 4.69) is 5.32 Å². The molecule has 4 nitrogen and oxygen atoms in total. The molecule has 0 aliphatic heterocycles. The summed E-state index contributed by atoms with van der Waals surface area (Å²) in [5.41, 5.74) is 1.08. The van der Waals surface area contributed by atoms with Gasteiger partial charge in [0.1, 0.15) is 5.82 Å². The standard InChI is InChI=1S/C19H15FN2O2/c20-17-9-5-4-6-14(17)12-22-13-15(10-11-18(22)23)19(24)21-16-7-2-1-3-8-16/h1-11,13H,12H2,(H,21,24). The molecule has 0 bridgehead atoms. The summed E-state index contributed by atoms with van der Waals surface area (Å²) in [4.78, 5) is 24.3. The Kier molecular flexibility index (Phi) is 4.52. The van der Waals surface area contributed by atoms with Crippen molar-refractivity contribution in [3.05, 3.63) is 100 Å². The van der Waals surface area contributed by atoms with E-state index in [4.69, 9.17) is 0 Å². The number of hydrogen-bond donors (Lipinski definition) is 1. The molecule has 1 heterocycles. The molecular weight excluding hydrogens is 307 g/mol. The fraction of sp³-hybridized carbons (Fsp3) is 0.0526. The number of hydrogen-bond acceptors (Lipinski definition) is 2. The van der Waals surface area contributed by atoms with E-state index in [1.165, 1.54) is 29.0 Å². The molecule has 24 heavy (non-hydrogen) atoms. The lowest BCUT2D eigenvalue weighted by Gasteiger charge is -2.10. The molecule has 1 amide bonds. The Morgan fingerprint density at radius 2 is 1.67 bits per heavy atom. The van der Waals surface area contributed by atoms with Crippen molar-refractivity contribution in [2.45, 2.75) is 6.54 Å². The van der Waals surface area contributed by atoms with E-state index in [1.54, 1.807) is 30.3 Å². The Morgan fingerprint density at radius 1 is 0.958 bits per heavy atom. The van der Waals surface area contributed by atoms with Gasteiger partial charge in [0.05, 0.1) is 12.1 Å². The molecule has 120 valence electrons. The third kappa shape index (κ3) is 3.57. The number of aromatic nitrogens is 1. The number of rotatable bonds is 4. The highest BCUT2D eigenvalue weighted by atomic mass is 19.1. The van der Waals surface area contributed by atoms with Crippen LogP contribution in [0, 0.1) is 5.82 Å². The van der Waals surface area contributed by atoms with Crippen LogP contribution in [0.1, 0.15) is 15.9 Å². The molecule has 0 aliphatic carbocycles. The smallest absolute Gasteiger partial charge is 0.257 e. The molecule has 3 aromatic rings. The molecule has 5 heteroatoms. The number of nitrogens with one attached hydrogen (secondary N) is 1. The van der Waals surface area contributed by atoms with E-state index in [0.717, 1.165) is 0 Å². The molecule has 1 N–H and O–H groups in total. The van der Waals surface area contributed by atoms with E-state index < -0.39 is 0 Å². The highest BCUT2D eigenvalue weighted by Gasteiger charge is 2.09. The minimum absolute atomic E-state index is 0.0674. The van der Waals surface area contributed by atoms with Crippen LogP contribution in [-0.4, -0.2) is 10.5 Å². The second-order valence-corrected chi connectivity index (χ2v) is 5.30. The monoisotopic (exact) mass is 322 g/mol. The fourth-order valence-corrected chi connectivity index (χ4v) is 2.32. The summed E-state index contributed by atoms with van der Waals surface area (Å²) in [7, 11) is 0. The molecule has 0 atom stereocenters. The lowest BCUT2D eigenvalue weighted by atomic mass is 10.2. The number of benzene rings is 2. The van der Waals surface area contributed by atoms with Crippen LogP contribution in [0.5, 0.6) is 0 Å². The van der Waals surface area contributed by atoms with Crippen molar-refractivity contribution in [1.29, 1.82) is 0 Å². The Morgan fingerprint density at radius 3 is 2.42 bits per heavy atom. The maximum absolute atomic E-state index is 13.8. The van der Waals surface area contributed by atoms with Gasteiger partial charge in [-0.25, -0.2) is 4.39 Å². The van der Waals surface area contributed by atoms with Crippen LogP contribution in [-0.2, 0) is 6.54 Å². The van der Waals surface area contributed by atoms with E-state index >= 15 is 0 Å². The molecule has 0 radical (unpaired) electrons. The predicted octanol–water partition coefficient (Wildman–Crippen LogP) is 3.29. The third-order valence-corrected chi connectivity index (χ3v) is 3.58. The molecule has 3 rings (SSSR count). The van der Waals surface area contributed by atoms with Crippen molar-refractivity contribution in [2.75, 3.05) is 5.32 Å². The number of anilines is 1. The van der Waals surface area contributed by atoms with Gasteiger partial charge < -0.3 is 9.88 Å². The first kappa shape index (κ1) is 15.7. The van der Waals surface area contributed by atoms with Crippen molar-refractivity contribution in [3.8, 4) is 0 Å². The first-order chi connectivity index (χ1) is 11.6. The van der Waals surface area contributed by atoms with Crippen molar-refractivity contribution >= 4 is 11.6 Å². The maximum atomic E-state index is 13.8. The number of pyridine rings is 1. The summed E-state index contributed by atoms with van der Waals surface area (Å²) >= 11 is 0. The third-order valence-electron chi connectivity index (χ3n) is 3.58. The number of nitrogens with zero attached hydrogens (tertiary/aromatic N) is 1. The zero-order valence-corrected chi connectivity index (χ0v) is 12.8. The maximum Gasteiger partial charge on any atom is 0.257 e. The van der Waals surface area contributed by atoms with Crippen LogP contribution in [0.2, 0.25) is 0 Å². The van der Waals surface area contributed by atoms with Gasteiger partial charge in [-0.05, 0) is 24.3 Å². The highest BCUT2D eigenvalue weighted by molar-refractivity contribution is 6.04. The van der Waals surface area contributed by atoms with Crippen LogP contribution in [0.3, 0.4) is 0 Å². The average molecular weight is 322 g/mol. The summed E-state index contributed by atoms with van der Waals surface area (Å²) in [6.07, 6.45) is 1.44. The van der Waals surface area contributed by atoms with Crippen LogP contribution in [0.15, 0.2) is 77.7 Å². The van der Waals surface area contributed by atoms with Crippen LogP contribution in [0.4, 0.5) is 10.1 Å². The van der Waals surface area contributed by atoms with Gasteiger partial charge in [-0.15, -0.1) is 0 Å². The summed E-state index contributed by atoms with van der Waals surface area (Å²) in [5, 5.41) is 2.75. The summed E-state index contributed by atoms with van der Waals surface area (Å²) in [6, 6.07) is 18.0. The van der Waals surface area contributed by atoms with Gasteiger partial charge >= 0.3 is 0 Å². The predicted molar refractivity (Wildman–Crippen MR) is 90.6 cm³/mol. The quantitative estimate of drug-likeness (QED) is 0.801. The molecule has 0 unspecified atom stereocenters. The Balaban J connectivity index is 1.85. The van der Waals surface area contributed by atoms with Gasteiger partial charge in [0.15, 0.2) is 0 Å². The first-order valence-corrected chi connectivity index (χ1v) is 7.44. The second-order valence-electron chi connectivity index (χ2n) is 5.30. The van der Waals surface area contributed by atoms with Crippen LogP contribution in [0.25, 0.3) is 0 Å². The van der Waals surface area contributed by atoms with Crippen molar-refractivity contribution in [3.63, 3.8) is 0 Å². The zero-order valence-electron chi connectivity index (χ0n) is 12.8. The lowest BCUT2D eigenvalue weighted by molar-refractivity contribution is 0.102. The van der Waals surface area contributed by atoms with E-state index in [0.29, 0.717) is 16.8 Å². The van der Waals surface area contributed by atoms with Crippen LogP contribution < -0.4 is 10.9 Å². The molecule has 0 spiro atoms. The number of para-hydroxylation sites is 1. The van der Waals surface area contributed by atoms with Crippen molar-refractivity contribution in [1.82, 2.24) is 4.57 Å². The molecule has 2 aromatic carbocycles.